The molecule has 0 aliphatic heterocycles. The molecule has 2 rings (SSSR count). The number of benzene rings is 1. The summed E-state index contributed by atoms with van der Waals surface area (Å²) >= 11 is 13.0. The molecule has 0 heterocycles. The van der Waals surface area contributed by atoms with E-state index >= 15 is 0 Å². The molecule has 1 aromatic rings. The summed E-state index contributed by atoms with van der Waals surface area (Å²) in [6.45, 7) is 0.750. The van der Waals surface area contributed by atoms with Gasteiger partial charge >= 0.3 is 0 Å². The van der Waals surface area contributed by atoms with Gasteiger partial charge in [0, 0.05) is 15.2 Å². The predicted molar refractivity (Wildman–Crippen MR) is 74.7 cm³/mol. The number of rotatable bonds is 4. The van der Waals surface area contributed by atoms with Crippen LogP contribution in [0.4, 0.5) is 0 Å². The molecule has 0 aromatic heterocycles. The van der Waals surface area contributed by atoms with Crippen LogP contribution in [0.5, 0.6) is 5.75 Å². The van der Waals surface area contributed by atoms with E-state index in [1.54, 1.807) is 0 Å². The fourth-order valence-electron chi connectivity index (χ4n) is 1.82. The molecule has 1 saturated carbocycles. The first-order valence-corrected chi connectivity index (χ1v) is 7.58. The molecule has 0 atom stereocenters. The third-order valence-corrected chi connectivity index (χ3v) is 5.10. The van der Waals surface area contributed by atoms with Gasteiger partial charge in [0.2, 0.25) is 0 Å². The summed E-state index contributed by atoms with van der Waals surface area (Å²) in [4.78, 5) is 0. The number of hydrogen-bond donors (Lipinski definition) is 0. The minimum absolute atomic E-state index is 0.330. The van der Waals surface area contributed by atoms with Gasteiger partial charge in [-0.3, -0.25) is 0 Å². The Labute approximate surface area is 118 Å². The summed E-state index contributed by atoms with van der Waals surface area (Å²) in [7, 11) is 0. The second kappa shape index (κ2) is 5.28. The van der Waals surface area contributed by atoms with Crippen LogP contribution in [0.1, 0.15) is 19.3 Å². The van der Waals surface area contributed by atoms with Gasteiger partial charge in [0.15, 0.2) is 0 Å². The quantitative estimate of drug-likeness (QED) is 0.676. The summed E-state index contributed by atoms with van der Waals surface area (Å²) < 4.78 is 6.78. The van der Waals surface area contributed by atoms with Gasteiger partial charge in [-0.2, -0.15) is 0 Å². The molecule has 0 unspecified atom stereocenters. The standard InChI is InChI=1S/C12H13Br2ClO/c13-7-12(4-1-5-12)8-16-11-3-2-9(14)6-10(11)15/h2-3,6H,1,4-5,7-8H2. The van der Waals surface area contributed by atoms with Gasteiger partial charge in [0.1, 0.15) is 5.75 Å². The molecule has 16 heavy (non-hydrogen) atoms. The van der Waals surface area contributed by atoms with Gasteiger partial charge in [-0.05, 0) is 31.0 Å². The number of alkyl halides is 1. The summed E-state index contributed by atoms with van der Waals surface area (Å²) in [5.74, 6) is 0.775. The lowest BCUT2D eigenvalue weighted by molar-refractivity contribution is 0.0839. The smallest absolute Gasteiger partial charge is 0.137 e. The maximum Gasteiger partial charge on any atom is 0.137 e. The Balaban J connectivity index is 1.99. The highest BCUT2D eigenvalue weighted by molar-refractivity contribution is 9.10. The summed E-state index contributed by atoms with van der Waals surface area (Å²) in [6, 6.07) is 5.72. The molecule has 1 aromatic carbocycles. The van der Waals surface area contributed by atoms with E-state index in [0.717, 1.165) is 22.2 Å². The normalized spacial score (nSPS) is 17.9. The van der Waals surface area contributed by atoms with Crippen molar-refractivity contribution in [3.63, 3.8) is 0 Å². The van der Waals surface area contributed by atoms with Crippen LogP contribution in [0.25, 0.3) is 0 Å². The molecule has 0 saturated heterocycles. The van der Waals surface area contributed by atoms with Crippen molar-refractivity contribution in [2.24, 2.45) is 5.41 Å². The van der Waals surface area contributed by atoms with Crippen molar-refractivity contribution in [2.75, 3.05) is 11.9 Å². The Morgan fingerprint density at radius 2 is 2.12 bits per heavy atom. The molecule has 4 heteroatoms. The lowest BCUT2D eigenvalue weighted by Gasteiger charge is -2.40. The van der Waals surface area contributed by atoms with Crippen molar-refractivity contribution >= 4 is 43.5 Å². The largest absolute Gasteiger partial charge is 0.491 e. The third-order valence-electron chi connectivity index (χ3n) is 3.13. The van der Waals surface area contributed by atoms with E-state index in [-0.39, 0.29) is 0 Å². The number of halogens is 3. The lowest BCUT2D eigenvalue weighted by Crippen LogP contribution is -2.37. The molecule has 1 nitrogen and oxygen atoms in total. The molecule has 0 amide bonds. The molecule has 0 radical (unpaired) electrons. The van der Waals surface area contributed by atoms with Crippen molar-refractivity contribution in [1.29, 1.82) is 0 Å². The van der Waals surface area contributed by atoms with E-state index in [2.05, 4.69) is 31.9 Å². The topological polar surface area (TPSA) is 9.23 Å². The van der Waals surface area contributed by atoms with Gasteiger partial charge in [-0.15, -0.1) is 0 Å². The first kappa shape index (κ1) is 12.7. The monoisotopic (exact) mass is 366 g/mol. The Morgan fingerprint density at radius 1 is 1.38 bits per heavy atom. The van der Waals surface area contributed by atoms with Crippen LogP contribution in [-0.4, -0.2) is 11.9 Å². The molecule has 0 bridgehead atoms. The second-order valence-electron chi connectivity index (χ2n) is 4.35. The van der Waals surface area contributed by atoms with Gasteiger partial charge in [-0.25, -0.2) is 0 Å². The number of hydrogen-bond acceptors (Lipinski definition) is 1. The SMILES string of the molecule is Clc1cc(Br)ccc1OCC1(CBr)CCC1. The summed E-state index contributed by atoms with van der Waals surface area (Å²) in [5.41, 5.74) is 0.330. The van der Waals surface area contributed by atoms with Crippen LogP contribution < -0.4 is 4.74 Å². The molecule has 88 valence electrons. The average Bonchev–Trinajstić information content (AvgIpc) is 2.19. The molecule has 1 fully saturated rings. The van der Waals surface area contributed by atoms with Crippen LogP contribution in [-0.2, 0) is 0 Å². The zero-order chi connectivity index (χ0) is 11.6. The van der Waals surface area contributed by atoms with Crippen molar-refractivity contribution < 1.29 is 4.74 Å². The van der Waals surface area contributed by atoms with Gasteiger partial charge in [-0.1, -0.05) is 49.9 Å². The Hall–Kier alpha value is 0.270. The van der Waals surface area contributed by atoms with E-state index in [4.69, 9.17) is 16.3 Å². The van der Waals surface area contributed by atoms with Crippen LogP contribution >= 0.6 is 43.5 Å². The maximum absolute atomic E-state index is 6.10. The fraction of sp³-hybridized carbons (Fsp3) is 0.500. The van der Waals surface area contributed by atoms with Crippen LogP contribution in [0.3, 0.4) is 0 Å². The molecule has 1 aliphatic rings. The molecule has 0 N–H and O–H groups in total. The van der Waals surface area contributed by atoms with Crippen molar-refractivity contribution in [2.45, 2.75) is 19.3 Å². The second-order valence-corrected chi connectivity index (χ2v) is 6.23. The minimum Gasteiger partial charge on any atom is -0.491 e. The summed E-state index contributed by atoms with van der Waals surface area (Å²) in [5, 5.41) is 1.67. The molecule has 1 aliphatic carbocycles. The highest BCUT2D eigenvalue weighted by Crippen LogP contribution is 2.43. The molecular weight excluding hydrogens is 355 g/mol. The van der Waals surface area contributed by atoms with Crippen LogP contribution in [0.2, 0.25) is 5.02 Å². The third kappa shape index (κ3) is 2.74. The van der Waals surface area contributed by atoms with E-state index in [1.807, 2.05) is 18.2 Å². The Bertz CT molecular complexity index is 372. The molecule has 0 spiro atoms. The lowest BCUT2D eigenvalue weighted by atomic mass is 9.71. The molecular formula is C12H13Br2ClO. The fourth-order valence-corrected chi connectivity index (χ4v) is 3.27. The zero-order valence-electron chi connectivity index (χ0n) is 8.81. The minimum atomic E-state index is 0.330. The van der Waals surface area contributed by atoms with Crippen molar-refractivity contribution in [1.82, 2.24) is 0 Å². The van der Waals surface area contributed by atoms with Crippen molar-refractivity contribution in [3.8, 4) is 5.75 Å². The average molecular weight is 368 g/mol. The zero-order valence-corrected chi connectivity index (χ0v) is 12.7. The highest BCUT2D eigenvalue weighted by Gasteiger charge is 2.36. The van der Waals surface area contributed by atoms with Gasteiger partial charge in [0.05, 0.1) is 11.6 Å². The first-order valence-electron chi connectivity index (χ1n) is 5.29. The Kier molecular flexibility index (Phi) is 4.20. The summed E-state index contributed by atoms with van der Waals surface area (Å²) in [6.07, 6.45) is 3.79. The highest BCUT2D eigenvalue weighted by atomic mass is 79.9. The van der Waals surface area contributed by atoms with Gasteiger partial charge in [0.25, 0.3) is 0 Å². The van der Waals surface area contributed by atoms with E-state index in [0.29, 0.717) is 10.4 Å². The van der Waals surface area contributed by atoms with Gasteiger partial charge < -0.3 is 4.74 Å². The number of ether oxygens (including phenoxy) is 1. The van der Waals surface area contributed by atoms with Crippen molar-refractivity contribution in [3.05, 3.63) is 27.7 Å². The maximum atomic E-state index is 6.10. The van der Waals surface area contributed by atoms with E-state index < -0.39 is 0 Å². The van der Waals surface area contributed by atoms with E-state index in [9.17, 15) is 0 Å². The first-order chi connectivity index (χ1) is 7.65. The Morgan fingerprint density at radius 3 is 2.62 bits per heavy atom. The van der Waals surface area contributed by atoms with E-state index in [1.165, 1.54) is 19.3 Å². The van der Waals surface area contributed by atoms with Crippen LogP contribution in [0, 0.1) is 5.41 Å². The predicted octanol–water partition coefficient (Wildman–Crippen LogP) is 5.05. The van der Waals surface area contributed by atoms with Crippen LogP contribution in [0.15, 0.2) is 22.7 Å².